The van der Waals surface area contributed by atoms with Crippen molar-refractivity contribution in [1.29, 1.82) is 0 Å². The van der Waals surface area contributed by atoms with Crippen LogP contribution < -0.4 is 20.1 Å². The lowest BCUT2D eigenvalue weighted by atomic mass is 9.86. The van der Waals surface area contributed by atoms with Gasteiger partial charge in [0, 0.05) is 12.1 Å². The summed E-state index contributed by atoms with van der Waals surface area (Å²) in [6, 6.07) is 11.3. The molecule has 1 aliphatic carbocycles. The first-order valence-electron chi connectivity index (χ1n) is 10.7. The molecular formula is C24H25F3N2O5. The molecule has 0 heterocycles. The van der Waals surface area contributed by atoms with E-state index in [0.717, 1.165) is 25.0 Å². The number of carbonyl (C=O) groups excluding carboxylic acids is 2. The van der Waals surface area contributed by atoms with Gasteiger partial charge in [0.05, 0.1) is 13.2 Å². The topological polar surface area (TPSA) is 96.9 Å². The third kappa shape index (κ3) is 7.80. The second-order valence-electron chi connectivity index (χ2n) is 7.74. The fraction of sp³-hybridized carbons (Fsp3) is 0.333. The zero-order valence-electron chi connectivity index (χ0n) is 18.2. The second-order valence-corrected chi connectivity index (χ2v) is 7.74. The van der Waals surface area contributed by atoms with Gasteiger partial charge in [-0.1, -0.05) is 18.6 Å². The Morgan fingerprint density at radius 2 is 1.68 bits per heavy atom. The zero-order valence-corrected chi connectivity index (χ0v) is 18.2. The number of aliphatic hydroxyl groups is 1. The Morgan fingerprint density at radius 3 is 2.24 bits per heavy atom. The molecule has 7 nitrogen and oxygen atoms in total. The van der Waals surface area contributed by atoms with Crippen LogP contribution in [0.25, 0.3) is 6.08 Å². The first-order valence-corrected chi connectivity index (χ1v) is 10.7. The summed E-state index contributed by atoms with van der Waals surface area (Å²) in [6.45, 7) is 0.284. The standard InChI is InChI=1S/C24H25F3N2O5/c25-24(26,27)34-20-8-4-16(5-9-20)14-21(23(32)28-12-13-30)29-22(31)18-6-10-19(11-7-18)33-15-17-2-1-3-17/h4-11,14,17,30H,1-3,12-13,15H2,(H,28,32)(H,29,31)/b21-14-. The summed E-state index contributed by atoms with van der Waals surface area (Å²) in [5.74, 6) is -0.436. The van der Waals surface area contributed by atoms with Crippen molar-refractivity contribution in [3.63, 3.8) is 0 Å². The minimum Gasteiger partial charge on any atom is -0.493 e. The smallest absolute Gasteiger partial charge is 0.493 e. The van der Waals surface area contributed by atoms with Gasteiger partial charge < -0.3 is 25.2 Å². The lowest BCUT2D eigenvalue weighted by Crippen LogP contribution is -2.36. The molecule has 0 bridgehead atoms. The average Bonchev–Trinajstić information content (AvgIpc) is 2.76. The van der Waals surface area contributed by atoms with E-state index in [1.54, 1.807) is 24.3 Å². The van der Waals surface area contributed by atoms with Crippen molar-refractivity contribution in [3.8, 4) is 11.5 Å². The normalized spacial score (nSPS) is 14.2. The van der Waals surface area contributed by atoms with Crippen LogP contribution in [0.5, 0.6) is 11.5 Å². The molecule has 1 saturated carbocycles. The molecule has 3 rings (SSSR count). The first-order chi connectivity index (χ1) is 16.2. The van der Waals surface area contributed by atoms with E-state index in [4.69, 9.17) is 9.84 Å². The Balaban J connectivity index is 1.69. The number of alkyl halides is 3. The van der Waals surface area contributed by atoms with Gasteiger partial charge >= 0.3 is 6.36 Å². The van der Waals surface area contributed by atoms with Gasteiger partial charge in [0.15, 0.2) is 0 Å². The quantitative estimate of drug-likeness (QED) is 0.453. The number of hydrogen-bond acceptors (Lipinski definition) is 5. The molecule has 10 heteroatoms. The van der Waals surface area contributed by atoms with E-state index in [2.05, 4.69) is 15.4 Å². The molecule has 34 heavy (non-hydrogen) atoms. The molecular weight excluding hydrogens is 453 g/mol. The fourth-order valence-corrected chi connectivity index (χ4v) is 3.13. The molecule has 0 aliphatic heterocycles. The maximum absolute atomic E-state index is 12.7. The van der Waals surface area contributed by atoms with E-state index in [1.165, 1.54) is 24.6 Å². The number of hydrogen-bond donors (Lipinski definition) is 3. The van der Waals surface area contributed by atoms with Gasteiger partial charge in [0.2, 0.25) is 0 Å². The van der Waals surface area contributed by atoms with Crippen LogP contribution in [0.1, 0.15) is 35.2 Å². The Kier molecular flexibility index (Phi) is 8.53. The van der Waals surface area contributed by atoms with E-state index in [-0.39, 0.29) is 24.4 Å². The van der Waals surface area contributed by atoms with Gasteiger partial charge in [0.1, 0.15) is 17.2 Å². The van der Waals surface area contributed by atoms with Crippen molar-refractivity contribution in [2.45, 2.75) is 25.6 Å². The summed E-state index contributed by atoms with van der Waals surface area (Å²) in [4.78, 5) is 25.2. The number of nitrogens with one attached hydrogen (secondary N) is 2. The van der Waals surface area contributed by atoms with Gasteiger partial charge in [-0.05, 0) is 66.8 Å². The van der Waals surface area contributed by atoms with Gasteiger partial charge in [0.25, 0.3) is 11.8 Å². The first kappa shape index (κ1) is 25.1. The molecule has 0 saturated heterocycles. The molecule has 0 atom stereocenters. The van der Waals surface area contributed by atoms with Crippen LogP contribution in [-0.4, -0.2) is 43.0 Å². The predicted molar refractivity (Wildman–Crippen MR) is 118 cm³/mol. The average molecular weight is 478 g/mol. The molecule has 2 amide bonds. The number of benzene rings is 2. The van der Waals surface area contributed by atoms with Gasteiger partial charge in [-0.2, -0.15) is 0 Å². The van der Waals surface area contributed by atoms with Crippen LogP contribution in [0, 0.1) is 5.92 Å². The van der Waals surface area contributed by atoms with Gasteiger partial charge in [-0.3, -0.25) is 9.59 Å². The Hall–Kier alpha value is -3.53. The van der Waals surface area contributed by atoms with Crippen LogP contribution in [0.15, 0.2) is 54.2 Å². The predicted octanol–water partition coefficient (Wildman–Crippen LogP) is 3.64. The van der Waals surface area contributed by atoms with Crippen LogP contribution in [-0.2, 0) is 4.79 Å². The Labute approximate surface area is 194 Å². The summed E-state index contributed by atoms with van der Waals surface area (Å²) >= 11 is 0. The van der Waals surface area contributed by atoms with Crippen molar-refractivity contribution in [1.82, 2.24) is 10.6 Å². The summed E-state index contributed by atoms with van der Waals surface area (Å²) in [5, 5.41) is 13.9. The molecule has 2 aromatic carbocycles. The molecule has 3 N–H and O–H groups in total. The molecule has 2 aromatic rings. The third-order valence-corrected chi connectivity index (χ3v) is 5.14. The Bertz CT molecular complexity index is 1000. The molecule has 182 valence electrons. The third-order valence-electron chi connectivity index (χ3n) is 5.14. The minimum atomic E-state index is -4.82. The molecule has 1 fully saturated rings. The van der Waals surface area contributed by atoms with Crippen LogP contribution >= 0.6 is 0 Å². The number of aliphatic hydroxyl groups excluding tert-OH is 1. The van der Waals surface area contributed by atoms with Crippen molar-refractivity contribution in [3.05, 3.63) is 65.4 Å². The summed E-state index contributed by atoms with van der Waals surface area (Å²) < 4.78 is 46.6. The van der Waals surface area contributed by atoms with Gasteiger partial charge in [-0.15, -0.1) is 13.2 Å². The van der Waals surface area contributed by atoms with Crippen LogP contribution in [0.3, 0.4) is 0 Å². The zero-order chi connectivity index (χ0) is 24.6. The summed E-state index contributed by atoms with van der Waals surface area (Å²) in [5.41, 5.74) is 0.489. The Morgan fingerprint density at radius 1 is 1.03 bits per heavy atom. The van der Waals surface area contributed by atoms with E-state index in [1.807, 2.05) is 0 Å². The van der Waals surface area contributed by atoms with Gasteiger partial charge in [-0.25, -0.2) is 0 Å². The highest BCUT2D eigenvalue weighted by Crippen LogP contribution is 2.27. The number of amides is 2. The number of halogens is 3. The van der Waals surface area contributed by atoms with Crippen molar-refractivity contribution >= 4 is 17.9 Å². The van der Waals surface area contributed by atoms with Crippen LogP contribution in [0.2, 0.25) is 0 Å². The summed E-state index contributed by atoms with van der Waals surface area (Å²) in [6.07, 6.45) is 0.0228. The second kappa shape index (κ2) is 11.6. The highest BCUT2D eigenvalue weighted by molar-refractivity contribution is 6.05. The number of carbonyl (C=O) groups is 2. The monoisotopic (exact) mass is 478 g/mol. The molecule has 0 unspecified atom stereocenters. The van der Waals surface area contributed by atoms with Crippen LogP contribution in [0.4, 0.5) is 13.2 Å². The van der Waals surface area contributed by atoms with E-state index < -0.39 is 23.9 Å². The van der Waals surface area contributed by atoms with E-state index in [0.29, 0.717) is 23.8 Å². The maximum Gasteiger partial charge on any atom is 0.573 e. The number of rotatable bonds is 10. The van der Waals surface area contributed by atoms with E-state index in [9.17, 15) is 22.8 Å². The lowest BCUT2D eigenvalue weighted by molar-refractivity contribution is -0.274. The van der Waals surface area contributed by atoms with E-state index >= 15 is 0 Å². The number of ether oxygens (including phenoxy) is 2. The highest BCUT2D eigenvalue weighted by Gasteiger charge is 2.31. The molecule has 1 aliphatic rings. The fourth-order valence-electron chi connectivity index (χ4n) is 3.13. The lowest BCUT2D eigenvalue weighted by Gasteiger charge is -2.25. The van der Waals surface area contributed by atoms with Crippen molar-refractivity contribution in [2.24, 2.45) is 5.92 Å². The summed E-state index contributed by atoms with van der Waals surface area (Å²) in [7, 11) is 0. The molecule has 0 spiro atoms. The maximum atomic E-state index is 12.7. The highest BCUT2D eigenvalue weighted by atomic mass is 19.4. The minimum absolute atomic E-state index is 0.0442. The molecule has 0 aromatic heterocycles. The van der Waals surface area contributed by atoms with Crippen molar-refractivity contribution in [2.75, 3.05) is 19.8 Å². The molecule has 0 radical (unpaired) electrons. The largest absolute Gasteiger partial charge is 0.573 e. The SMILES string of the molecule is O=C(NCCO)/C(=C/c1ccc(OC(F)(F)F)cc1)NC(=O)c1ccc(OCC2CCC2)cc1. The van der Waals surface area contributed by atoms with Crippen molar-refractivity contribution < 1.29 is 37.3 Å².